The zero-order chi connectivity index (χ0) is 11.8. The van der Waals surface area contributed by atoms with Gasteiger partial charge in [0.2, 0.25) is 0 Å². The molecule has 0 saturated carbocycles. The predicted octanol–water partition coefficient (Wildman–Crippen LogP) is 4.01. The summed E-state index contributed by atoms with van der Waals surface area (Å²) in [6, 6.07) is 8.88. The van der Waals surface area contributed by atoms with E-state index in [1.165, 1.54) is 23.4 Å². The van der Waals surface area contributed by atoms with Gasteiger partial charge >= 0.3 is 0 Å². The average molecular weight is 267 g/mol. The van der Waals surface area contributed by atoms with Crippen molar-refractivity contribution in [2.45, 2.75) is 24.8 Å². The van der Waals surface area contributed by atoms with E-state index in [1.807, 2.05) is 24.8 Å². The first-order valence-electron chi connectivity index (χ1n) is 5.96. The van der Waals surface area contributed by atoms with E-state index >= 15 is 0 Å². The molecule has 0 N–H and O–H groups in total. The van der Waals surface area contributed by atoms with Gasteiger partial charge in [-0.1, -0.05) is 12.1 Å². The Bertz CT molecular complexity index is 529. The van der Waals surface area contributed by atoms with Gasteiger partial charge < -0.3 is 4.57 Å². The van der Waals surface area contributed by atoms with Crippen LogP contribution in [0.4, 0.5) is 0 Å². The summed E-state index contributed by atoms with van der Waals surface area (Å²) in [6.45, 7) is 2.00. The Hall–Kier alpha value is -0.670. The van der Waals surface area contributed by atoms with Crippen LogP contribution in [-0.2, 0) is 0 Å². The van der Waals surface area contributed by atoms with Gasteiger partial charge in [0.1, 0.15) is 5.82 Å². The third kappa shape index (κ3) is 1.95. The fraction of sp³-hybridized carbons (Fsp3) is 0.462. The third-order valence-electron chi connectivity index (χ3n) is 3.25. The maximum absolute atomic E-state index is 6.27. The Kier molecular flexibility index (Phi) is 3.05. The maximum Gasteiger partial charge on any atom is 0.127 e. The number of para-hydroxylation sites is 2. The van der Waals surface area contributed by atoms with Gasteiger partial charge in [-0.05, 0) is 31.2 Å². The van der Waals surface area contributed by atoms with E-state index in [0.717, 1.165) is 11.3 Å². The summed E-state index contributed by atoms with van der Waals surface area (Å²) in [7, 11) is 0. The number of thioether (sulfide) groups is 1. The quantitative estimate of drug-likeness (QED) is 0.765. The summed E-state index contributed by atoms with van der Waals surface area (Å²) < 4.78 is 2.35. The molecule has 1 aromatic heterocycles. The van der Waals surface area contributed by atoms with E-state index in [-0.39, 0.29) is 5.38 Å². The lowest BCUT2D eigenvalue weighted by Gasteiger charge is -2.16. The summed E-state index contributed by atoms with van der Waals surface area (Å²) in [5.74, 6) is 3.44. The number of nitrogens with zero attached hydrogens (tertiary/aromatic N) is 2. The second-order valence-electron chi connectivity index (χ2n) is 4.46. The fourth-order valence-corrected chi connectivity index (χ4v) is 3.80. The molecule has 1 aromatic carbocycles. The Morgan fingerprint density at radius 2 is 2.29 bits per heavy atom. The molecule has 0 aliphatic carbocycles. The first-order chi connectivity index (χ1) is 8.27. The predicted molar refractivity (Wildman–Crippen MR) is 75.0 cm³/mol. The van der Waals surface area contributed by atoms with E-state index in [0.29, 0.717) is 6.04 Å². The van der Waals surface area contributed by atoms with E-state index in [1.54, 1.807) is 0 Å². The molecule has 0 radical (unpaired) electrons. The highest BCUT2D eigenvalue weighted by molar-refractivity contribution is 7.99. The minimum absolute atomic E-state index is 0.0343. The van der Waals surface area contributed by atoms with Crippen LogP contribution in [0.2, 0.25) is 0 Å². The van der Waals surface area contributed by atoms with Gasteiger partial charge in [-0.25, -0.2) is 4.98 Å². The van der Waals surface area contributed by atoms with E-state index in [4.69, 9.17) is 11.6 Å². The lowest BCUT2D eigenvalue weighted by molar-refractivity contribution is 0.549. The maximum atomic E-state index is 6.27. The Morgan fingerprint density at radius 3 is 3.00 bits per heavy atom. The fourth-order valence-electron chi connectivity index (χ4n) is 2.45. The average Bonchev–Trinajstić information content (AvgIpc) is 2.94. The second-order valence-corrected chi connectivity index (χ2v) is 6.27. The molecule has 4 heteroatoms. The van der Waals surface area contributed by atoms with Crippen molar-refractivity contribution in [2.24, 2.45) is 0 Å². The van der Waals surface area contributed by atoms with Crippen LogP contribution in [0, 0.1) is 0 Å². The number of rotatable bonds is 2. The van der Waals surface area contributed by atoms with Crippen molar-refractivity contribution in [1.82, 2.24) is 9.55 Å². The molecule has 0 amide bonds. The molecule has 2 aromatic rings. The number of hydrogen-bond donors (Lipinski definition) is 0. The van der Waals surface area contributed by atoms with Crippen LogP contribution in [0.1, 0.15) is 30.6 Å². The lowest BCUT2D eigenvalue weighted by atomic mass is 10.2. The molecule has 1 saturated heterocycles. The standard InChI is InChI=1S/C13H15ClN2S/c1-9(14)13-15-11-4-2-3-5-12(11)16(13)10-6-7-17-8-10/h2-5,9-10H,6-8H2,1H3. The smallest absolute Gasteiger partial charge is 0.127 e. The van der Waals surface area contributed by atoms with E-state index in [2.05, 4.69) is 27.8 Å². The van der Waals surface area contributed by atoms with Crippen LogP contribution in [0.5, 0.6) is 0 Å². The number of alkyl halides is 1. The van der Waals surface area contributed by atoms with Gasteiger partial charge in [0, 0.05) is 11.8 Å². The Balaban J connectivity index is 2.20. The van der Waals surface area contributed by atoms with Crippen LogP contribution >= 0.6 is 23.4 Å². The molecule has 2 atom stereocenters. The molecule has 0 bridgehead atoms. The van der Waals surface area contributed by atoms with Gasteiger partial charge in [-0.2, -0.15) is 11.8 Å². The van der Waals surface area contributed by atoms with E-state index < -0.39 is 0 Å². The molecule has 2 heterocycles. The van der Waals surface area contributed by atoms with Crippen molar-refractivity contribution >= 4 is 34.4 Å². The lowest BCUT2D eigenvalue weighted by Crippen LogP contribution is -2.12. The molecule has 1 aliphatic rings. The molecule has 90 valence electrons. The normalized spacial score (nSPS) is 22.1. The van der Waals surface area contributed by atoms with Crippen molar-refractivity contribution in [3.63, 3.8) is 0 Å². The van der Waals surface area contributed by atoms with Crippen LogP contribution < -0.4 is 0 Å². The number of halogens is 1. The van der Waals surface area contributed by atoms with Crippen molar-refractivity contribution in [1.29, 1.82) is 0 Å². The highest BCUT2D eigenvalue weighted by Gasteiger charge is 2.24. The molecule has 1 aliphatic heterocycles. The number of fused-ring (bicyclic) bond motifs is 1. The first kappa shape index (κ1) is 11.4. The van der Waals surface area contributed by atoms with Crippen molar-refractivity contribution in [3.05, 3.63) is 30.1 Å². The summed E-state index contributed by atoms with van der Waals surface area (Å²) >= 11 is 8.29. The van der Waals surface area contributed by atoms with Crippen LogP contribution in [0.15, 0.2) is 24.3 Å². The monoisotopic (exact) mass is 266 g/mol. The summed E-state index contributed by atoms with van der Waals surface area (Å²) in [5.41, 5.74) is 2.29. The molecule has 0 spiro atoms. The number of hydrogen-bond acceptors (Lipinski definition) is 2. The van der Waals surface area contributed by atoms with Crippen molar-refractivity contribution in [2.75, 3.05) is 11.5 Å². The van der Waals surface area contributed by atoms with Gasteiger partial charge in [-0.3, -0.25) is 0 Å². The minimum atomic E-state index is -0.0343. The molecule has 17 heavy (non-hydrogen) atoms. The topological polar surface area (TPSA) is 17.8 Å². The minimum Gasteiger partial charge on any atom is -0.323 e. The first-order valence-corrected chi connectivity index (χ1v) is 7.55. The SMILES string of the molecule is CC(Cl)c1nc2ccccc2n1C1CCSC1. The number of imidazole rings is 1. The number of benzene rings is 1. The van der Waals surface area contributed by atoms with Gasteiger partial charge in [0.15, 0.2) is 0 Å². The zero-order valence-corrected chi connectivity index (χ0v) is 11.3. The van der Waals surface area contributed by atoms with Crippen LogP contribution in [0.25, 0.3) is 11.0 Å². The van der Waals surface area contributed by atoms with Crippen LogP contribution in [0.3, 0.4) is 0 Å². The highest BCUT2D eigenvalue weighted by atomic mass is 35.5. The molecule has 2 unspecified atom stereocenters. The summed E-state index contributed by atoms with van der Waals surface area (Å²) in [5, 5.41) is -0.0343. The second kappa shape index (κ2) is 4.54. The molecule has 2 nitrogen and oxygen atoms in total. The van der Waals surface area contributed by atoms with Crippen molar-refractivity contribution < 1.29 is 0 Å². The van der Waals surface area contributed by atoms with E-state index in [9.17, 15) is 0 Å². The zero-order valence-electron chi connectivity index (χ0n) is 9.77. The highest BCUT2D eigenvalue weighted by Crippen LogP contribution is 2.34. The molecule has 3 rings (SSSR count). The molecule has 1 fully saturated rings. The Labute approximate surface area is 110 Å². The van der Waals surface area contributed by atoms with Gasteiger partial charge in [0.05, 0.1) is 16.4 Å². The largest absolute Gasteiger partial charge is 0.323 e. The summed E-state index contributed by atoms with van der Waals surface area (Å²) in [6.07, 6.45) is 1.22. The number of aromatic nitrogens is 2. The third-order valence-corrected chi connectivity index (χ3v) is 4.59. The Morgan fingerprint density at radius 1 is 1.47 bits per heavy atom. The van der Waals surface area contributed by atoms with Crippen molar-refractivity contribution in [3.8, 4) is 0 Å². The molecular formula is C13H15ClN2S. The van der Waals surface area contributed by atoms with Gasteiger partial charge in [0.25, 0.3) is 0 Å². The van der Waals surface area contributed by atoms with Crippen LogP contribution in [-0.4, -0.2) is 21.1 Å². The van der Waals surface area contributed by atoms with Gasteiger partial charge in [-0.15, -0.1) is 11.6 Å². The molecular weight excluding hydrogens is 252 g/mol. The summed E-state index contributed by atoms with van der Waals surface area (Å²) in [4.78, 5) is 4.68.